The zero-order valence-electron chi connectivity index (χ0n) is 9.83. The third kappa shape index (κ3) is 2.07. The number of hydrogen-bond donors (Lipinski definition) is 1. The Hall–Kier alpha value is -0.820. The van der Waals surface area contributed by atoms with Crippen LogP contribution in [0.15, 0.2) is 24.3 Å². The van der Waals surface area contributed by atoms with E-state index in [0.717, 1.165) is 11.5 Å². The van der Waals surface area contributed by atoms with Gasteiger partial charge in [0.1, 0.15) is 0 Å². The molecule has 2 atom stereocenters. The van der Waals surface area contributed by atoms with Crippen LogP contribution in [0.4, 0.5) is 0 Å². The second kappa shape index (κ2) is 3.64. The molecule has 0 aliphatic heterocycles. The fraction of sp³-hybridized carbons (Fsp3) is 0.571. The van der Waals surface area contributed by atoms with Gasteiger partial charge in [-0.15, -0.1) is 0 Å². The van der Waals surface area contributed by atoms with Gasteiger partial charge in [0.15, 0.2) is 0 Å². The molecule has 1 fully saturated rings. The summed E-state index contributed by atoms with van der Waals surface area (Å²) in [6.07, 6.45) is 1.28. The predicted molar refractivity (Wildman–Crippen MR) is 62.7 cm³/mol. The smallest absolute Gasteiger partial charge is 0.0684 e. The zero-order chi connectivity index (χ0) is 11.1. The van der Waals surface area contributed by atoms with Crippen molar-refractivity contribution < 1.29 is 5.11 Å². The van der Waals surface area contributed by atoms with Crippen molar-refractivity contribution in [2.45, 2.75) is 39.7 Å². The van der Waals surface area contributed by atoms with Crippen LogP contribution in [0.3, 0.4) is 0 Å². The molecular weight excluding hydrogens is 184 g/mol. The number of aliphatic hydroxyl groups excluding tert-OH is 1. The number of hydrogen-bond acceptors (Lipinski definition) is 1. The van der Waals surface area contributed by atoms with E-state index in [0.29, 0.717) is 11.3 Å². The molecule has 0 saturated heterocycles. The highest BCUT2D eigenvalue weighted by molar-refractivity contribution is 5.34. The third-order valence-electron chi connectivity index (χ3n) is 3.53. The van der Waals surface area contributed by atoms with Crippen LogP contribution < -0.4 is 0 Å². The molecule has 15 heavy (non-hydrogen) atoms. The topological polar surface area (TPSA) is 20.2 Å². The van der Waals surface area contributed by atoms with E-state index in [1.54, 1.807) is 0 Å². The molecule has 0 unspecified atom stereocenters. The van der Waals surface area contributed by atoms with Crippen molar-refractivity contribution in [2.75, 3.05) is 0 Å². The van der Waals surface area contributed by atoms with Crippen LogP contribution in [-0.4, -0.2) is 5.11 Å². The van der Waals surface area contributed by atoms with Crippen molar-refractivity contribution >= 4 is 0 Å². The second-order valence-corrected chi connectivity index (χ2v) is 5.67. The monoisotopic (exact) mass is 204 g/mol. The minimum atomic E-state index is 0.170. The largest absolute Gasteiger partial charge is 0.392 e. The molecule has 1 aliphatic rings. The molecule has 1 N–H and O–H groups in total. The number of rotatable bonds is 2. The van der Waals surface area contributed by atoms with Crippen molar-refractivity contribution in [1.82, 2.24) is 0 Å². The van der Waals surface area contributed by atoms with E-state index in [1.165, 1.54) is 12.0 Å². The SMILES string of the molecule is CC(C)(C)[C@@H]1C[C@H]1c1ccccc1CO. The minimum absolute atomic E-state index is 0.170. The molecule has 0 heterocycles. The van der Waals surface area contributed by atoms with Crippen LogP contribution in [-0.2, 0) is 6.61 Å². The lowest BCUT2D eigenvalue weighted by atomic mass is 9.87. The van der Waals surface area contributed by atoms with Gasteiger partial charge in [-0.2, -0.15) is 0 Å². The summed E-state index contributed by atoms with van der Waals surface area (Å²) in [6.45, 7) is 7.08. The summed E-state index contributed by atoms with van der Waals surface area (Å²) >= 11 is 0. The maximum atomic E-state index is 9.28. The average molecular weight is 204 g/mol. The Bertz CT molecular complexity index is 349. The van der Waals surface area contributed by atoms with E-state index in [2.05, 4.69) is 32.9 Å². The van der Waals surface area contributed by atoms with Gasteiger partial charge >= 0.3 is 0 Å². The van der Waals surface area contributed by atoms with E-state index in [1.807, 2.05) is 12.1 Å². The van der Waals surface area contributed by atoms with Gasteiger partial charge < -0.3 is 5.11 Å². The highest BCUT2D eigenvalue weighted by Crippen LogP contribution is 2.57. The van der Waals surface area contributed by atoms with Crippen molar-refractivity contribution in [1.29, 1.82) is 0 Å². The van der Waals surface area contributed by atoms with Crippen LogP contribution >= 0.6 is 0 Å². The number of benzene rings is 1. The highest BCUT2D eigenvalue weighted by Gasteiger charge is 2.46. The van der Waals surface area contributed by atoms with Crippen LogP contribution in [0, 0.1) is 11.3 Å². The second-order valence-electron chi connectivity index (χ2n) is 5.67. The van der Waals surface area contributed by atoms with Crippen LogP contribution in [0.5, 0.6) is 0 Å². The van der Waals surface area contributed by atoms with Crippen molar-refractivity contribution in [3.8, 4) is 0 Å². The van der Waals surface area contributed by atoms with Gasteiger partial charge in [0.05, 0.1) is 6.61 Å². The first-order chi connectivity index (χ1) is 7.04. The molecule has 0 amide bonds. The van der Waals surface area contributed by atoms with E-state index in [-0.39, 0.29) is 6.61 Å². The molecule has 0 bridgehead atoms. The van der Waals surface area contributed by atoms with Crippen molar-refractivity contribution in [3.05, 3.63) is 35.4 Å². The molecule has 2 rings (SSSR count). The summed E-state index contributed by atoms with van der Waals surface area (Å²) in [6, 6.07) is 8.28. The lowest BCUT2D eigenvalue weighted by Gasteiger charge is -2.18. The molecule has 1 heteroatoms. The summed E-state index contributed by atoms with van der Waals surface area (Å²) in [5, 5.41) is 9.28. The summed E-state index contributed by atoms with van der Waals surface area (Å²) in [7, 11) is 0. The Morgan fingerprint density at radius 1 is 1.27 bits per heavy atom. The predicted octanol–water partition coefficient (Wildman–Crippen LogP) is 3.33. The Kier molecular flexibility index (Phi) is 2.59. The zero-order valence-corrected chi connectivity index (χ0v) is 9.83. The minimum Gasteiger partial charge on any atom is -0.392 e. The summed E-state index contributed by atoms with van der Waals surface area (Å²) < 4.78 is 0. The molecule has 0 aromatic heterocycles. The molecule has 1 nitrogen and oxygen atoms in total. The molecule has 82 valence electrons. The summed E-state index contributed by atoms with van der Waals surface area (Å²) in [4.78, 5) is 0. The standard InChI is InChI=1S/C14H20O/c1-14(2,3)13-8-12(13)11-7-5-4-6-10(11)9-15/h4-7,12-13,15H,8-9H2,1-3H3/t12-,13+/m0/s1. The van der Waals surface area contributed by atoms with Gasteiger partial charge in [-0.3, -0.25) is 0 Å². The fourth-order valence-corrected chi connectivity index (χ4v) is 2.54. The van der Waals surface area contributed by atoms with Crippen LogP contribution in [0.2, 0.25) is 0 Å². The maximum Gasteiger partial charge on any atom is 0.0684 e. The first-order valence-electron chi connectivity index (χ1n) is 5.72. The Morgan fingerprint density at radius 3 is 2.47 bits per heavy atom. The van der Waals surface area contributed by atoms with E-state index in [4.69, 9.17) is 0 Å². The fourth-order valence-electron chi connectivity index (χ4n) is 2.54. The lowest BCUT2D eigenvalue weighted by Crippen LogP contribution is -2.09. The molecule has 1 aromatic rings. The van der Waals surface area contributed by atoms with E-state index < -0.39 is 0 Å². The third-order valence-corrected chi connectivity index (χ3v) is 3.53. The maximum absolute atomic E-state index is 9.28. The van der Waals surface area contributed by atoms with Gasteiger partial charge in [-0.05, 0) is 34.8 Å². The van der Waals surface area contributed by atoms with Crippen molar-refractivity contribution in [3.63, 3.8) is 0 Å². The Morgan fingerprint density at radius 2 is 1.93 bits per heavy atom. The Balaban J connectivity index is 2.20. The molecule has 1 aliphatic carbocycles. The Labute approximate surface area is 92.1 Å². The first-order valence-corrected chi connectivity index (χ1v) is 5.72. The van der Waals surface area contributed by atoms with Crippen LogP contribution in [0.1, 0.15) is 44.2 Å². The molecular formula is C14H20O. The normalized spacial score (nSPS) is 25.3. The van der Waals surface area contributed by atoms with Crippen LogP contribution in [0.25, 0.3) is 0 Å². The molecule has 1 saturated carbocycles. The first kappa shape index (κ1) is 10.7. The van der Waals surface area contributed by atoms with Gasteiger partial charge in [0.2, 0.25) is 0 Å². The molecule has 0 radical (unpaired) electrons. The quantitative estimate of drug-likeness (QED) is 0.783. The van der Waals surface area contributed by atoms with E-state index in [9.17, 15) is 5.11 Å². The van der Waals surface area contributed by atoms with Crippen molar-refractivity contribution in [2.24, 2.45) is 11.3 Å². The lowest BCUT2D eigenvalue weighted by molar-refractivity contribution is 0.279. The molecule has 0 spiro atoms. The average Bonchev–Trinajstić information content (AvgIpc) is 2.96. The van der Waals surface area contributed by atoms with Gasteiger partial charge in [0.25, 0.3) is 0 Å². The summed E-state index contributed by atoms with van der Waals surface area (Å²) in [5.41, 5.74) is 2.86. The summed E-state index contributed by atoms with van der Waals surface area (Å²) in [5.74, 6) is 1.46. The van der Waals surface area contributed by atoms with Gasteiger partial charge in [-0.25, -0.2) is 0 Å². The van der Waals surface area contributed by atoms with Gasteiger partial charge in [0, 0.05) is 0 Å². The van der Waals surface area contributed by atoms with E-state index >= 15 is 0 Å². The number of aliphatic hydroxyl groups is 1. The highest BCUT2D eigenvalue weighted by atomic mass is 16.3. The van der Waals surface area contributed by atoms with Gasteiger partial charge in [-0.1, -0.05) is 45.0 Å². The molecule has 1 aromatic carbocycles.